The van der Waals surface area contributed by atoms with E-state index in [0.717, 1.165) is 32.5 Å². The molecule has 19 heavy (non-hydrogen) atoms. The molecule has 1 aliphatic heterocycles. The Hall–Kier alpha value is -0.360. The Balaban J connectivity index is 0.00000324. The number of nitrogens with zero attached hydrogens (tertiary/aromatic N) is 2. The van der Waals surface area contributed by atoms with Gasteiger partial charge in [0.2, 0.25) is 5.91 Å². The van der Waals surface area contributed by atoms with Crippen LogP contribution in [0.5, 0.6) is 0 Å². The molecular weight excluding hydrogens is 266 g/mol. The van der Waals surface area contributed by atoms with Crippen LogP contribution in [0.1, 0.15) is 26.7 Å². The van der Waals surface area contributed by atoms with Crippen LogP contribution in [0, 0.1) is 0 Å². The lowest BCUT2D eigenvalue weighted by molar-refractivity contribution is -0.133. The summed E-state index contributed by atoms with van der Waals surface area (Å²) in [5.41, 5.74) is 5.81. The van der Waals surface area contributed by atoms with Gasteiger partial charge in [-0.15, -0.1) is 12.4 Å². The number of halogens is 1. The van der Waals surface area contributed by atoms with Crippen LogP contribution >= 0.6 is 12.4 Å². The Morgan fingerprint density at radius 1 is 1.42 bits per heavy atom. The fourth-order valence-corrected chi connectivity index (χ4v) is 2.58. The number of ether oxygens (including phenoxy) is 1. The normalized spacial score (nSPS) is 23.8. The average Bonchev–Trinajstić information content (AvgIpc) is 2.40. The van der Waals surface area contributed by atoms with E-state index < -0.39 is 0 Å². The summed E-state index contributed by atoms with van der Waals surface area (Å²) < 4.78 is 5.39. The minimum absolute atomic E-state index is 0. The van der Waals surface area contributed by atoms with Gasteiger partial charge in [0.15, 0.2) is 0 Å². The van der Waals surface area contributed by atoms with Crippen LogP contribution < -0.4 is 5.73 Å². The van der Waals surface area contributed by atoms with Crippen molar-refractivity contribution in [3.8, 4) is 0 Å². The third-order valence-corrected chi connectivity index (χ3v) is 3.85. The van der Waals surface area contributed by atoms with Crippen molar-refractivity contribution in [1.29, 1.82) is 0 Å². The first kappa shape index (κ1) is 18.6. The van der Waals surface area contributed by atoms with Crippen molar-refractivity contribution in [3.05, 3.63) is 0 Å². The Morgan fingerprint density at radius 3 is 2.53 bits per heavy atom. The topological polar surface area (TPSA) is 58.8 Å². The van der Waals surface area contributed by atoms with Crippen LogP contribution in [0.25, 0.3) is 0 Å². The van der Waals surface area contributed by atoms with Crippen molar-refractivity contribution in [1.82, 2.24) is 9.80 Å². The predicted molar refractivity (Wildman–Crippen MR) is 79.6 cm³/mol. The van der Waals surface area contributed by atoms with Crippen molar-refractivity contribution >= 4 is 18.3 Å². The van der Waals surface area contributed by atoms with Gasteiger partial charge in [0.05, 0.1) is 12.6 Å². The van der Waals surface area contributed by atoms with Crippen LogP contribution in [0.3, 0.4) is 0 Å². The molecule has 1 saturated heterocycles. The summed E-state index contributed by atoms with van der Waals surface area (Å²) in [5.74, 6) is 0.203. The SMILES string of the molecule is CCN(CC)C(=O)CN1CCC(OC)CC1CN.Cl. The number of methoxy groups -OCH3 is 1. The van der Waals surface area contributed by atoms with Crippen LogP contribution in [0.15, 0.2) is 0 Å². The Kier molecular flexibility index (Phi) is 9.35. The second kappa shape index (κ2) is 9.53. The molecule has 5 nitrogen and oxygen atoms in total. The fraction of sp³-hybridized carbons (Fsp3) is 0.923. The zero-order chi connectivity index (χ0) is 13.5. The van der Waals surface area contributed by atoms with Gasteiger partial charge in [0, 0.05) is 39.3 Å². The Bertz CT molecular complexity index is 262. The lowest BCUT2D eigenvalue weighted by atomic mass is 9.99. The highest BCUT2D eigenvalue weighted by Gasteiger charge is 2.29. The van der Waals surface area contributed by atoms with E-state index in [9.17, 15) is 4.79 Å². The van der Waals surface area contributed by atoms with Gasteiger partial charge in [-0.25, -0.2) is 0 Å². The minimum Gasteiger partial charge on any atom is -0.381 e. The van der Waals surface area contributed by atoms with Crippen molar-refractivity contribution in [2.75, 3.05) is 39.8 Å². The molecule has 1 amide bonds. The van der Waals surface area contributed by atoms with E-state index in [1.807, 2.05) is 18.7 Å². The van der Waals surface area contributed by atoms with Crippen molar-refractivity contribution in [3.63, 3.8) is 0 Å². The van der Waals surface area contributed by atoms with E-state index in [0.29, 0.717) is 19.2 Å². The van der Waals surface area contributed by atoms with Crippen LogP contribution in [0.2, 0.25) is 0 Å². The molecule has 2 atom stereocenters. The van der Waals surface area contributed by atoms with Crippen molar-refractivity contribution in [2.45, 2.75) is 38.8 Å². The minimum atomic E-state index is 0. The first-order valence-corrected chi connectivity index (χ1v) is 6.90. The number of carbonyl (C=O) groups is 1. The van der Waals surface area contributed by atoms with Crippen molar-refractivity contribution in [2.24, 2.45) is 5.73 Å². The van der Waals surface area contributed by atoms with E-state index in [4.69, 9.17) is 10.5 Å². The predicted octanol–water partition coefficient (Wildman–Crippen LogP) is 0.715. The van der Waals surface area contributed by atoms with Crippen LogP contribution in [0.4, 0.5) is 0 Å². The molecule has 1 heterocycles. The van der Waals surface area contributed by atoms with Crippen LogP contribution in [-0.4, -0.2) is 67.7 Å². The number of rotatable bonds is 6. The molecule has 0 radical (unpaired) electrons. The molecule has 6 heteroatoms. The first-order valence-electron chi connectivity index (χ1n) is 6.90. The fourth-order valence-electron chi connectivity index (χ4n) is 2.58. The summed E-state index contributed by atoms with van der Waals surface area (Å²) in [4.78, 5) is 16.2. The molecule has 1 rings (SSSR count). The van der Waals surface area contributed by atoms with Gasteiger partial charge in [-0.05, 0) is 26.7 Å². The number of hydrogen-bond donors (Lipinski definition) is 1. The quantitative estimate of drug-likeness (QED) is 0.784. The third-order valence-electron chi connectivity index (χ3n) is 3.85. The van der Waals surface area contributed by atoms with E-state index >= 15 is 0 Å². The average molecular weight is 294 g/mol. The second-order valence-corrected chi connectivity index (χ2v) is 4.81. The first-order chi connectivity index (χ1) is 8.65. The summed E-state index contributed by atoms with van der Waals surface area (Å²) >= 11 is 0. The molecule has 0 bridgehead atoms. The second-order valence-electron chi connectivity index (χ2n) is 4.81. The largest absolute Gasteiger partial charge is 0.381 e. The van der Waals surface area contributed by atoms with E-state index in [1.165, 1.54) is 0 Å². The number of likely N-dealkylation sites (N-methyl/N-ethyl adjacent to an activating group) is 1. The van der Waals surface area contributed by atoms with Crippen LogP contribution in [-0.2, 0) is 9.53 Å². The van der Waals surface area contributed by atoms with Gasteiger partial charge < -0.3 is 15.4 Å². The highest BCUT2D eigenvalue weighted by atomic mass is 35.5. The molecule has 2 N–H and O–H groups in total. The molecular formula is C13H28ClN3O2. The molecule has 0 saturated carbocycles. The number of amides is 1. The summed E-state index contributed by atoms with van der Waals surface area (Å²) in [7, 11) is 1.74. The van der Waals surface area contributed by atoms with E-state index in [1.54, 1.807) is 7.11 Å². The molecule has 1 aliphatic rings. The zero-order valence-electron chi connectivity index (χ0n) is 12.3. The van der Waals surface area contributed by atoms with E-state index in [2.05, 4.69) is 4.90 Å². The van der Waals surface area contributed by atoms with Gasteiger partial charge in [-0.2, -0.15) is 0 Å². The lowest BCUT2D eigenvalue weighted by Crippen LogP contribution is -2.52. The smallest absolute Gasteiger partial charge is 0.236 e. The Morgan fingerprint density at radius 2 is 2.05 bits per heavy atom. The maximum Gasteiger partial charge on any atom is 0.236 e. The summed E-state index contributed by atoms with van der Waals surface area (Å²) in [6.07, 6.45) is 2.20. The number of carbonyl (C=O) groups excluding carboxylic acids is 1. The van der Waals surface area contributed by atoms with Gasteiger partial charge in [0.1, 0.15) is 0 Å². The van der Waals surface area contributed by atoms with Gasteiger partial charge in [-0.3, -0.25) is 9.69 Å². The third kappa shape index (κ3) is 5.26. The van der Waals surface area contributed by atoms with Gasteiger partial charge >= 0.3 is 0 Å². The number of likely N-dealkylation sites (tertiary alicyclic amines) is 1. The summed E-state index contributed by atoms with van der Waals surface area (Å²) in [6, 6.07) is 0.267. The molecule has 114 valence electrons. The molecule has 2 unspecified atom stereocenters. The zero-order valence-corrected chi connectivity index (χ0v) is 13.1. The van der Waals surface area contributed by atoms with E-state index in [-0.39, 0.29) is 24.4 Å². The highest BCUT2D eigenvalue weighted by molar-refractivity contribution is 5.85. The highest BCUT2D eigenvalue weighted by Crippen LogP contribution is 2.19. The molecule has 0 spiro atoms. The summed E-state index contributed by atoms with van der Waals surface area (Å²) in [6.45, 7) is 7.55. The maximum absolute atomic E-state index is 12.1. The maximum atomic E-state index is 12.1. The lowest BCUT2D eigenvalue weighted by Gasteiger charge is -2.38. The standard InChI is InChI=1S/C13H27N3O2.ClH/c1-4-15(5-2)13(17)10-16-7-6-12(18-3)8-11(16)9-14;/h11-12H,4-10,14H2,1-3H3;1H. The molecule has 0 aromatic heterocycles. The number of hydrogen-bond acceptors (Lipinski definition) is 4. The number of piperidine rings is 1. The van der Waals surface area contributed by atoms with Gasteiger partial charge in [-0.1, -0.05) is 0 Å². The Labute approximate surface area is 122 Å². The summed E-state index contributed by atoms with van der Waals surface area (Å²) in [5, 5.41) is 0. The molecule has 0 aromatic rings. The molecule has 1 fully saturated rings. The number of nitrogens with two attached hydrogens (primary N) is 1. The molecule has 0 aromatic carbocycles. The monoisotopic (exact) mass is 293 g/mol. The molecule has 0 aliphatic carbocycles. The van der Waals surface area contributed by atoms with Gasteiger partial charge in [0.25, 0.3) is 0 Å². The van der Waals surface area contributed by atoms with Crippen molar-refractivity contribution < 1.29 is 9.53 Å².